The number of primary amides is 1. The van der Waals surface area contributed by atoms with Crippen LogP contribution in [0.25, 0.3) is 21.8 Å². The Balaban J connectivity index is 2.40. The maximum atomic E-state index is 11.1. The number of carbonyl (C=O) groups excluding carboxylic acids is 1. The van der Waals surface area contributed by atoms with Crippen molar-refractivity contribution in [2.24, 2.45) is 5.73 Å². The van der Waals surface area contributed by atoms with E-state index < -0.39 is 0 Å². The van der Waals surface area contributed by atoms with Crippen molar-refractivity contribution in [1.29, 1.82) is 0 Å². The largest absolute Gasteiger partial charge is 0.399 e. The van der Waals surface area contributed by atoms with Gasteiger partial charge in [0.2, 0.25) is 5.91 Å². The predicted molar refractivity (Wildman–Crippen MR) is 80.8 cm³/mol. The molecule has 0 unspecified atom stereocenters. The number of aromatic nitrogens is 1. The van der Waals surface area contributed by atoms with Gasteiger partial charge in [-0.2, -0.15) is 0 Å². The third-order valence-electron chi connectivity index (χ3n) is 3.18. The van der Waals surface area contributed by atoms with Crippen LogP contribution in [0.5, 0.6) is 0 Å². The van der Waals surface area contributed by atoms with E-state index >= 15 is 0 Å². The van der Waals surface area contributed by atoms with Crippen LogP contribution in [0.3, 0.4) is 0 Å². The van der Waals surface area contributed by atoms with E-state index in [1.807, 2.05) is 30.3 Å². The number of nitrogens with one attached hydrogen (secondary N) is 1. The Labute approximate surface area is 117 Å². The number of H-pyrrole nitrogens is 1. The van der Waals surface area contributed by atoms with Gasteiger partial charge >= 0.3 is 0 Å². The number of nitrogen functional groups attached to an aromatic ring is 1. The summed E-state index contributed by atoms with van der Waals surface area (Å²) in [7, 11) is 0. The molecule has 0 radical (unpaired) electrons. The second kappa shape index (κ2) is 4.28. The summed E-state index contributed by atoms with van der Waals surface area (Å²) in [5.41, 5.74) is 14.6. The molecule has 0 fully saturated rings. The van der Waals surface area contributed by atoms with Crippen LogP contribution in [0, 0.1) is 0 Å². The molecule has 3 rings (SSSR count). The molecule has 0 atom stereocenters. The Morgan fingerprint density at radius 2 is 2.05 bits per heavy atom. The topological polar surface area (TPSA) is 84.9 Å². The molecule has 0 bridgehead atoms. The fraction of sp³-hybridized carbons (Fsp3) is 0.0714. The molecular formula is C14H12BrN3O. The number of fused-ring (bicyclic) bond motifs is 3. The zero-order valence-electron chi connectivity index (χ0n) is 10.0. The molecule has 5 heteroatoms. The number of amides is 1. The molecule has 1 amide bonds. The lowest BCUT2D eigenvalue weighted by molar-refractivity contribution is -0.117. The Morgan fingerprint density at radius 3 is 2.79 bits per heavy atom. The molecule has 3 aromatic rings. The molecule has 0 aliphatic rings. The Kier molecular flexibility index (Phi) is 2.71. The third-order valence-corrected chi connectivity index (χ3v) is 3.84. The molecule has 1 heterocycles. The lowest BCUT2D eigenvalue weighted by Gasteiger charge is -2.02. The maximum absolute atomic E-state index is 11.1. The molecule has 4 nitrogen and oxygen atoms in total. The molecule has 0 spiro atoms. The summed E-state index contributed by atoms with van der Waals surface area (Å²) in [4.78, 5) is 14.5. The molecule has 96 valence electrons. The zero-order chi connectivity index (χ0) is 13.6. The smallest absolute Gasteiger partial charge is 0.221 e. The van der Waals surface area contributed by atoms with E-state index in [0.717, 1.165) is 31.8 Å². The van der Waals surface area contributed by atoms with Crippen LogP contribution in [-0.4, -0.2) is 10.9 Å². The Hall–Kier alpha value is -2.01. The monoisotopic (exact) mass is 317 g/mol. The van der Waals surface area contributed by atoms with E-state index in [0.29, 0.717) is 5.69 Å². The molecule has 0 saturated heterocycles. The average Bonchev–Trinajstić information content (AvgIpc) is 2.71. The number of benzene rings is 2. The first kappa shape index (κ1) is 12.0. The van der Waals surface area contributed by atoms with Crippen molar-refractivity contribution in [3.05, 3.63) is 40.4 Å². The van der Waals surface area contributed by atoms with Gasteiger partial charge in [0.05, 0.1) is 11.9 Å². The van der Waals surface area contributed by atoms with E-state index in [-0.39, 0.29) is 12.3 Å². The first-order valence-corrected chi connectivity index (χ1v) is 6.62. The SMILES string of the molecule is NC(=O)Cc1ccc(Br)c2c1[nH]c1cc(N)ccc12. The Bertz CT molecular complexity index is 807. The maximum Gasteiger partial charge on any atom is 0.221 e. The van der Waals surface area contributed by atoms with Crippen molar-refractivity contribution in [3.8, 4) is 0 Å². The van der Waals surface area contributed by atoms with Crippen molar-refractivity contribution in [3.63, 3.8) is 0 Å². The first-order valence-electron chi connectivity index (χ1n) is 5.83. The van der Waals surface area contributed by atoms with Gasteiger partial charge in [-0.15, -0.1) is 0 Å². The van der Waals surface area contributed by atoms with Crippen LogP contribution in [0.15, 0.2) is 34.8 Å². The number of anilines is 1. The highest BCUT2D eigenvalue weighted by Crippen LogP contribution is 2.34. The number of carbonyl (C=O) groups is 1. The van der Waals surface area contributed by atoms with Crippen molar-refractivity contribution in [2.45, 2.75) is 6.42 Å². The van der Waals surface area contributed by atoms with E-state index in [4.69, 9.17) is 11.5 Å². The minimum atomic E-state index is -0.346. The lowest BCUT2D eigenvalue weighted by atomic mass is 10.1. The molecule has 0 aliphatic carbocycles. The fourth-order valence-corrected chi connectivity index (χ4v) is 2.92. The van der Waals surface area contributed by atoms with Crippen molar-refractivity contribution < 1.29 is 4.79 Å². The van der Waals surface area contributed by atoms with Gasteiger partial charge in [-0.3, -0.25) is 4.79 Å². The van der Waals surface area contributed by atoms with Gasteiger partial charge in [-0.25, -0.2) is 0 Å². The molecule has 5 N–H and O–H groups in total. The van der Waals surface area contributed by atoms with Gasteiger partial charge in [0, 0.05) is 26.4 Å². The number of aromatic amines is 1. The lowest BCUT2D eigenvalue weighted by Crippen LogP contribution is -2.13. The van der Waals surface area contributed by atoms with Crippen molar-refractivity contribution in [2.75, 3.05) is 5.73 Å². The van der Waals surface area contributed by atoms with Crippen LogP contribution in [0.2, 0.25) is 0 Å². The molecule has 2 aromatic carbocycles. The van der Waals surface area contributed by atoms with Gasteiger partial charge in [0.15, 0.2) is 0 Å². The summed E-state index contributed by atoms with van der Waals surface area (Å²) in [5, 5.41) is 2.12. The van der Waals surface area contributed by atoms with Crippen LogP contribution in [0.1, 0.15) is 5.56 Å². The van der Waals surface area contributed by atoms with Gasteiger partial charge in [0.25, 0.3) is 0 Å². The minimum absolute atomic E-state index is 0.214. The number of nitrogens with two attached hydrogens (primary N) is 2. The van der Waals surface area contributed by atoms with E-state index in [9.17, 15) is 4.79 Å². The van der Waals surface area contributed by atoms with Crippen LogP contribution in [0.4, 0.5) is 5.69 Å². The molecule has 19 heavy (non-hydrogen) atoms. The Morgan fingerprint density at radius 1 is 1.26 bits per heavy atom. The number of halogens is 1. The quantitative estimate of drug-likeness (QED) is 0.635. The number of rotatable bonds is 2. The van der Waals surface area contributed by atoms with Gasteiger partial charge < -0.3 is 16.5 Å². The molecule has 0 saturated carbocycles. The van der Waals surface area contributed by atoms with Crippen LogP contribution < -0.4 is 11.5 Å². The third kappa shape index (κ3) is 1.96. The van der Waals surface area contributed by atoms with Crippen molar-refractivity contribution >= 4 is 49.3 Å². The first-order chi connectivity index (χ1) is 9.06. The van der Waals surface area contributed by atoms with E-state index in [2.05, 4.69) is 20.9 Å². The normalized spacial score (nSPS) is 11.2. The minimum Gasteiger partial charge on any atom is -0.399 e. The average molecular weight is 318 g/mol. The summed E-state index contributed by atoms with van der Waals surface area (Å²) in [6.45, 7) is 0. The van der Waals surface area contributed by atoms with Gasteiger partial charge in [0.1, 0.15) is 0 Å². The number of hydrogen-bond acceptors (Lipinski definition) is 2. The molecule has 1 aromatic heterocycles. The van der Waals surface area contributed by atoms with Crippen LogP contribution in [-0.2, 0) is 11.2 Å². The number of hydrogen-bond donors (Lipinski definition) is 3. The summed E-state index contributed by atoms with van der Waals surface area (Å²) in [5.74, 6) is -0.346. The van der Waals surface area contributed by atoms with E-state index in [1.165, 1.54) is 0 Å². The highest BCUT2D eigenvalue weighted by Gasteiger charge is 2.12. The van der Waals surface area contributed by atoms with E-state index in [1.54, 1.807) is 0 Å². The second-order valence-electron chi connectivity index (χ2n) is 4.53. The zero-order valence-corrected chi connectivity index (χ0v) is 11.6. The molecular weight excluding hydrogens is 306 g/mol. The fourth-order valence-electron chi connectivity index (χ4n) is 2.38. The standard InChI is InChI=1S/C14H12BrN3O/c15-10-4-1-7(5-12(17)19)14-13(10)9-3-2-8(16)6-11(9)18-14/h1-4,6,18H,5,16H2,(H2,17,19). The summed E-state index contributed by atoms with van der Waals surface area (Å²) in [6.07, 6.45) is 0.214. The summed E-state index contributed by atoms with van der Waals surface area (Å²) < 4.78 is 0.978. The second-order valence-corrected chi connectivity index (χ2v) is 5.38. The van der Waals surface area contributed by atoms with Gasteiger partial charge in [-0.05, 0) is 23.8 Å². The molecule has 0 aliphatic heterocycles. The van der Waals surface area contributed by atoms with Crippen LogP contribution >= 0.6 is 15.9 Å². The highest BCUT2D eigenvalue weighted by molar-refractivity contribution is 9.10. The van der Waals surface area contributed by atoms with Gasteiger partial charge in [-0.1, -0.05) is 28.1 Å². The summed E-state index contributed by atoms with van der Waals surface area (Å²) >= 11 is 3.55. The summed E-state index contributed by atoms with van der Waals surface area (Å²) in [6, 6.07) is 9.56. The van der Waals surface area contributed by atoms with Crippen molar-refractivity contribution in [1.82, 2.24) is 4.98 Å². The predicted octanol–water partition coefficient (Wildman–Crippen LogP) is 2.69. The highest BCUT2D eigenvalue weighted by atomic mass is 79.9.